The van der Waals surface area contributed by atoms with E-state index >= 15 is 0 Å². The molecule has 1 atom stereocenters. The van der Waals surface area contributed by atoms with Crippen LogP contribution in [0.3, 0.4) is 0 Å². The zero-order valence-corrected chi connectivity index (χ0v) is 13.8. The number of anilines is 2. The summed E-state index contributed by atoms with van der Waals surface area (Å²) in [5, 5.41) is 5.42. The van der Waals surface area contributed by atoms with E-state index in [4.69, 9.17) is 0 Å². The second kappa shape index (κ2) is 8.26. The molecular formula is C16H25N3O3. The largest absolute Gasteiger partial charge is 0.453 e. The lowest BCUT2D eigenvalue weighted by atomic mass is 10.1. The van der Waals surface area contributed by atoms with E-state index in [-0.39, 0.29) is 12.1 Å². The summed E-state index contributed by atoms with van der Waals surface area (Å²) in [5.74, 6) is 0.373. The Labute approximate surface area is 131 Å². The topological polar surface area (TPSA) is 70.7 Å². The lowest BCUT2D eigenvalue weighted by Gasteiger charge is -2.30. The summed E-state index contributed by atoms with van der Waals surface area (Å²) >= 11 is 0. The van der Waals surface area contributed by atoms with Crippen LogP contribution < -0.4 is 10.6 Å². The van der Waals surface area contributed by atoms with E-state index in [9.17, 15) is 9.59 Å². The van der Waals surface area contributed by atoms with Crippen LogP contribution in [0.4, 0.5) is 21.0 Å². The van der Waals surface area contributed by atoms with E-state index < -0.39 is 6.09 Å². The Bertz CT molecular complexity index is 517. The number of nitrogens with zero attached hydrogens (tertiary/aromatic N) is 1. The summed E-state index contributed by atoms with van der Waals surface area (Å²) in [5.41, 5.74) is 1.18. The predicted molar refractivity (Wildman–Crippen MR) is 88.2 cm³/mol. The molecule has 1 rings (SSSR count). The first-order valence-corrected chi connectivity index (χ1v) is 7.41. The molecule has 6 heteroatoms. The third-order valence-electron chi connectivity index (χ3n) is 3.60. The van der Waals surface area contributed by atoms with Crippen molar-refractivity contribution in [2.24, 2.45) is 5.92 Å². The van der Waals surface area contributed by atoms with E-state index in [0.29, 0.717) is 23.8 Å². The first kappa shape index (κ1) is 17.8. The van der Waals surface area contributed by atoms with Gasteiger partial charge in [-0.05, 0) is 38.0 Å². The monoisotopic (exact) mass is 307 g/mol. The van der Waals surface area contributed by atoms with Crippen LogP contribution in [0.1, 0.15) is 27.7 Å². The summed E-state index contributed by atoms with van der Waals surface area (Å²) in [7, 11) is 1.30. The second-order valence-electron chi connectivity index (χ2n) is 5.40. The van der Waals surface area contributed by atoms with Crippen molar-refractivity contribution in [2.45, 2.75) is 33.7 Å². The quantitative estimate of drug-likeness (QED) is 0.870. The number of ether oxygens (including phenoxy) is 1. The SMILES string of the molecule is CCN(C(=O)Nc1cccc(NC(=O)OC)c1)C(C)C(C)C. The summed E-state index contributed by atoms with van der Waals surface area (Å²) in [4.78, 5) is 25.4. The van der Waals surface area contributed by atoms with Gasteiger partial charge >= 0.3 is 12.1 Å². The van der Waals surface area contributed by atoms with Crippen LogP contribution in [0.5, 0.6) is 0 Å². The van der Waals surface area contributed by atoms with Gasteiger partial charge < -0.3 is 15.0 Å². The van der Waals surface area contributed by atoms with E-state index in [0.717, 1.165) is 0 Å². The number of benzene rings is 1. The van der Waals surface area contributed by atoms with Crippen molar-refractivity contribution in [1.29, 1.82) is 0 Å². The minimum Gasteiger partial charge on any atom is -0.453 e. The summed E-state index contributed by atoms with van der Waals surface area (Å²) in [6.45, 7) is 8.78. The Hall–Kier alpha value is -2.24. The number of rotatable bonds is 5. The fourth-order valence-corrected chi connectivity index (χ4v) is 2.02. The second-order valence-corrected chi connectivity index (χ2v) is 5.40. The first-order valence-electron chi connectivity index (χ1n) is 7.41. The van der Waals surface area contributed by atoms with Crippen molar-refractivity contribution in [2.75, 3.05) is 24.3 Å². The summed E-state index contributed by atoms with van der Waals surface area (Å²) in [6, 6.07) is 6.92. The predicted octanol–water partition coefficient (Wildman–Crippen LogP) is 3.76. The van der Waals surface area contributed by atoms with Crippen LogP contribution >= 0.6 is 0 Å². The fourth-order valence-electron chi connectivity index (χ4n) is 2.02. The van der Waals surface area contributed by atoms with Crippen molar-refractivity contribution in [3.05, 3.63) is 24.3 Å². The minimum absolute atomic E-state index is 0.140. The van der Waals surface area contributed by atoms with Gasteiger partial charge in [0, 0.05) is 24.0 Å². The number of carbonyl (C=O) groups excluding carboxylic acids is 2. The molecule has 0 aromatic heterocycles. The molecule has 1 unspecified atom stereocenters. The highest BCUT2D eigenvalue weighted by Crippen LogP contribution is 2.17. The molecule has 2 N–H and O–H groups in total. The molecule has 22 heavy (non-hydrogen) atoms. The van der Waals surface area contributed by atoms with Crippen LogP contribution in [0.2, 0.25) is 0 Å². The molecule has 1 aromatic rings. The lowest BCUT2D eigenvalue weighted by molar-refractivity contribution is 0.179. The van der Waals surface area contributed by atoms with E-state index in [1.807, 2.05) is 13.8 Å². The Morgan fingerprint density at radius 3 is 2.27 bits per heavy atom. The van der Waals surface area contributed by atoms with Crippen LogP contribution in [-0.4, -0.2) is 36.7 Å². The molecule has 3 amide bonds. The molecular weight excluding hydrogens is 282 g/mol. The van der Waals surface area contributed by atoms with Crippen molar-refractivity contribution in [3.8, 4) is 0 Å². The Balaban J connectivity index is 2.79. The van der Waals surface area contributed by atoms with Gasteiger partial charge in [0.2, 0.25) is 0 Å². The Kier molecular flexibility index (Phi) is 6.69. The van der Waals surface area contributed by atoms with E-state index in [1.54, 1.807) is 29.2 Å². The van der Waals surface area contributed by atoms with Crippen molar-refractivity contribution in [1.82, 2.24) is 4.90 Å². The number of methoxy groups -OCH3 is 1. The van der Waals surface area contributed by atoms with Gasteiger partial charge in [0.05, 0.1) is 7.11 Å². The van der Waals surface area contributed by atoms with Crippen molar-refractivity contribution < 1.29 is 14.3 Å². The van der Waals surface area contributed by atoms with E-state index in [1.165, 1.54) is 7.11 Å². The number of nitrogens with one attached hydrogen (secondary N) is 2. The van der Waals surface area contributed by atoms with Crippen LogP contribution in [0.25, 0.3) is 0 Å². The molecule has 0 heterocycles. The number of hydrogen-bond donors (Lipinski definition) is 2. The molecule has 0 aliphatic rings. The average molecular weight is 307 g/mol. The maximum atomic E-state index is 12.4. The smallest absolute Gasteiger partial charge is 0.411 e. The molecule has 0 aliphatic heterocycles. The highest BCUT2D eigenvalue weighted by molar-refractivity contribution is 5.91. The fraction of sp³-hybridized carbons (Fsp3) is 0.500. The van der Waals surface area contributed by atoms with Crippen LogP contribution in [0.15, 0.2) is 24.3 Å². The van der Waals surface area contributed by atoms with Gasteiger partial charge in [-0.15, -0.1) is 0 Å². The maximum absolute atomic E-state index is 12.4. The molecule has 0 spiro atoms. The molecule has 1 aromatic carbocycles. The Morgan fingerprint density at radius 2 is 1.77 bits per heavy atom. The number of amides is 3. The lowest BCUT2D eigenvalue weighted by Crippen LogP contribution is -2.43. The van der Waals surface area contributed by atoms with E-state index in [2.05, 4.69) is 29.2 Å². The van der Waals surface area contributed by atoms with Gasteiger partial charge in [0.25, 0.3) is 0 Å². The van der Waals surface area contributed by atoms with Crippen LogP contribution in [0, 0.1) is 5.92 Å². The highest BCUT2D eigenvalue weighted by Gasteiger charge is 2.21. The molecule has 0 radical (unpaired) electrons. The Morgan fingerprint density at radius 1 is 1.18 bits per heavy atom. The molecule has 6 nitrogen and oxygen atoms in total. The van der Waals surface area contributed by atoms with Gasteiger partial charge in [-0.1, -0.05) is 19.9 Å². The average Bonchev–Trinajstić information content (AvgIpc) is 2.47. The van der Waals surface area contributed by atoms with Gasteiger partial charge in [-0.3, -0.25) is 5.32 Å². The summed E-state index contributed by atoms with van der Waals surface area (Å²) < 4.78 is 4.54. The van der Waals surface area contributed by atoms with Gasteiger partial charge in [0.1, 0.15) is 0 Å². The normalized spacial score (nSPS) is 11.7. The zero-order chi connectivity index (χ0) is 16.7. The third kappa shape index (κ3) is 4.95. The molecule has 0 aliphatic carbocycles. The summed E-state index contributed by atoms with van der Waals surface area (Å²) in [6.07, 6.45) is -0.549. The standard InChI is InChI=1S/C16H25N3O3/c1-6-19(12(4)11(2)3)15(20)17-13-8-7-9-14(10-13)18-16(21)22-5/h7-12H,6H2,1-5H3,(H,17,20)(H,18,21). The molecule has 0 fully saturated rings. The highest BCUT2D eigenvalue weighted by atomic mass is 16.5. The van der Waals surface area contributed by atoms with Crippen molar-refractivity contribution in [3.63, 3.8) is 0 Å². The minimum atomic E-state index is -0.549. The maximum Gasteiger partial charge on any atom is 0.411 e. The molecule has 0 saturated heterocycles. The van der Waals surface area contributed by atoms with Crippen molar-refractivity contribution >= 4 is 23.5 Å². The molecule has 122 valence electrons. The first-order chi connectivity index (χ1) is 10.4. The van der Waals surface area contributed by atoms with Gasteiger partial charge in [-0.2, -0.15) is 0 Å². The van der Waals surface area contributed by atoms with Gasteiger partial charge in [0.15, 0.2) is 0 Å². The molecule has 0 bridgehead atoms. The molecule has 0 saturated carbocycles. The number of carbonyl (C=O) groups is 2. The third-order valence-corrected chi connectivity index (χ3v) is 3.60. The number of hydrogen-bond acceptors (Lipinski definition) is 3. The number of urea groups is 1. The van der Waals surface area contributed by atoms with Gasteiger partial charge in [-0.25, -0.2) is 9.59 Å². The zero-order valence-electron chi connectivity index (χ0n) is 13.8. The van der Waals surface area contributed by atoms with Crippen LogP contribution in [-0.2, 0) is 4.74 Å².